The highest BCUT2D eigenvalue weighted by Gasteiger charge is 2.14. The lowest BCUT2D eigenvalue weighted by Crippen LogP contribution is -1.84. The Labute approximate surface area is 126 Å². The van der Waals surface area contributed by atoms with E-state index in [1.54, 1.807) is 12.1 Å². The maximum Gasteiger partial charge on any atom is 0.152 e. The van der Waals surface area contributed by atoms with Crippen LogP contribution in [0.2, 0.25) is 0 Å². The largest absolute Gasteiger partial charge is 0.353 e. The number of halogens is 1. The molecule has 0 fully saturated rings. The Morgan fingerprint density at radius 3 is 2.41 bits per heavy atom. The lowest BCUT2D eigenvalue weighted by Gasteiger charge is -1.99. The van der Waals surface area contributed by atoms with Gasteiger partial charge in [0.25, 0.3) is 0 Å². The molecular formula is C19H12FNO. The summed E-state index contributed by atoms with van der Waals surface area (Å²) in [7, 11) is 0. The van der Waals surface area contributed by atoms with Crippen molar-refractivity contribution in [3.63, 3.8) is 0 Å². The molecule has 4 rings (SSSR count). The second-order valence-corrected chi connectivity index (χ2v) is 5.25. The number of carbonyl (C=O) groups is 1. The van der Waals surface area contributed by atoms with Crippen LogP contribution < -0.4 is 0 Å². The van der Waals surface area contributed by atoms with Crippen LogP contribution in [0.25, 0.3) is 32.9 Å². The van der Waals surface area contributed by atoms with Gasteiger partial charge in [-0.1, -0.05) is 36.4 Å². The molecule has 0 radical (unpaired) electrons. The molecule has 1 aromatic heterocycles. The fraction of sp³-hybridized carbons (Fsp3) is 0. The van der Waals surface area contributed by atoms with Crippen LogP contribution in [0.4, 0.5) is 4.39 Å². The van der Waals surface area contributed by atoms with E-state index in [-0.39, 0.29) is 5.82 Å². The summed E-state index contributed by atoms with van der Waals surface area (Å²) in [5.41, 5.74) is 3.05. The summed E-state index contributed by atoms with van der Waals surface area (Å²) < 4.78 is 13.1. The van der Waals surface area contributed by atoms with E-state index in [0.717, 1.165) is 39.2 Å². The molecule has 0 bridgehead atoms. The van der Waals surface area contributed by atoms with Gasteiger partial charge >= 0.3 is 0 Å². The summed E-state index contributed by atoms with van der Waals surface area (Å²) >= 11 is 0. The maximum absolute atomic E-state index is 13.1. The predicted molar refractivity (Wildman–Crippen MR) is 86.6 cm³/mol. The van der Waals surface area contributed by atoms with Crippen LogP contribution in [0.1, 0.15) is 10.4 Å². The summed E-state index contributed by atoms with van der Waals surface area (Å²) in [4.78, 5) is 14.9. The second kappa shape index (κ2) is 4.81. The average molecular weight is 289 g/mol. The summed E-state index contributed by atoms with van der Waals surface area (Å²) in [6.45, 7) is 0. The monoisotopic (exact) mass is 289 g/mol. The highest BCUT2D eigenvalue weighted by Crippen LogP contribution is 2.33. The number of H-pyrrole nitrogens is 1. The van der Waals surface area contributed by atoms with E-state index in [9.17, 15) is 9.18 Å². The van der Waals surface area contributed by atoms with Crippen molar-refractivity contribution >= 4 is 28.0 Å². The molecule has 1 N–H and O–H groups in total. The van der Waals surface area contributed by atoms with E-state index in [1.807, 2.05) is 36.4 Å². The van der Waals surface area contributed by atoms with E-state index in [2.05, 4.69) is 4.98 Å². The lowest BCUT2D eigenvalue weighted by atomic mass is 10.0. The first-order valence-corrected chi connectivity index (χ1v) is 7.02. The first kappa shape index (κ1) is 12.8. The number of aldehydes is 1. The van der Waals surface area contributed by atoms with Gasteiger partial charge in [-0.3, -0.25) is 4.79 Å². The summed E-state index contributed by atoms with van der Waals surface area (Å²) in [5, 5.41) is 3.06. The third-order valence-corrected chi connectivity index (χ3v) is 3.99. The summed E-state index contributed by atoms with van der Waals surface area (Å²) in [6.07, 6.45) is 0.853. The quantitative estimate of drug-likeness (QED) is 0.521. The number of fused-ring (bicyclic) bond motifs is 3. The molecule has 22 heavy (non-hydrogen) atoms. The number of hydrogen-bond donors (Lipinski definition) is 1. The number of benzene rings is 3. The third-order valence-electron chi connectivity index (χ3n) is 3.99. The molecule has 4 aromatic rings. The molecule has 0 spiro atoms. The Morgan fingerprint density at radius 2 is 1.64 bits per heavy atom. The molecule has 0 aliphatic rings. The van der Waals surface area contributed by atoms with Gasteiger partial charge in [-0.05, 0) is 35.2 Å². The number of nitrogens with one attached hydrogen (secondary N) is 1. The molecule has 0 saturated carbocycles. The predicted octanol–water partition coefficient (Wildman–Crippen LogP) is 4.94. The second-order valence-electron chi connectivity index (χ2n) is 5.25. The number of aromatic amines is 1. The Kier molecular flexibility index (Phi) is 2.79. The molecule has 0 aliphatic heterocycles. The Morgan fingerprint density at radius 1 is 0.864 bits per heavy atom. The van der Waals surface area contributed by atoms with Gasteiger partial charge in [0.15, 0.2) is 6.29 Å². The zero-order chi connectivity index (χ0) is 15.1. The zero-order valence-electron chi connectivity index (χ0n) is 11.6. The fourth-order valence-corrected chi connectivity index (χ4v) is 2.92. The van der Waals surface area contributed by atoms with Crippen LogP contribution in [-0.4, -0.2) is 11.3 Å². The van der Waals surface area contributed by atoms with Gasteiger partial charge in [0.1, 0.15) is 5.82 Å². The number of hydrogen-bond acceptors (Lipinski definition) is 1. The van der Waals surface area contributed by atoms with Crippen molar-refractivity contribution in [2.75, 3.05) is 0 Å². The SMILES string of the molecule is O=Cc1c(-c2ccc(F)cc2)[nH]c2c1ccc1ccccc12. The van der Waals surface area contributed by atoms with E-state index >= 15 is 0 Å². The Balaban J connectivity index is 2.08. The maximum atomic E-state index is 13.1. The highest BCUT2D eigenvalue weighted by molar-refractivity contribution is 6.14. The number of carbonyl (C=O) groups excluding carboxylic acids is 1. The molecule has 0 saturated heterocycles. The highest BCUT2D eigenvalue weighted by atomic mass is 19.1. The van der Waals surface area contributed by atoms with Crippen LogP contribution >= 0.6 is 0 Å². The van der Waals surface area contributed by atoms with Crippen molar-refractivity contribution < 1.29 is 9.18 Å². The van der Waals surface area contributed by atoms with Gasteiger partial charge in [0.05, 0.1) is 11.2 Å². The number of aromatic nitrogens is 1. The fourth-order valence-electron chi connectivity index (χ4n) is 2.92. The van der Waals surface area contributed by atoms with Gasteiger partial charge < -0.3 is 4.98 Å². The Bertz CT molecular complexity index is 999. The Hall–Kier alpha value is -2.94. The lowest BCUT2D eigenvalue weighted by molar-refractivity contribution is 0.112. The van der Waals surface area contributed by atoms with Crippen molar-refractivity contribution in [3.8, 4) is 11.3 Å². The van der Waals surface area contributed by atoms with E-state index in [0.29, 0.717) is 5.56 Å². The van der Waals surface area contributed by atoms with Crippen molar-refractivity contribution in [1.82, 2.24) is 4.98 Å². The van der Waals surface area contributed by atoms with Crippen LogP contribution in [0.5, 0.6) is 0 Å². The van der Waals surface area contributed by atoms with Crippen LogP contribution in [-0.2, 0) is 0 Å². The van der Waals surface area contributed by atoms with Gasteiger partial charge in [-0.15, -0.1) is 0 Å². The minimum absolute atomic E-state index is 0.294. The standard InChI is InChI=1S/C19H12FNO/c20-14-8-5-13(6-9-14)18-17(11-22)16-10-7-12-3-1-2-4-15(12)19(16)21-18/h1-11,21H. The van der Waals surface area contributed by atoms with E-state index in [4.69, 9.17) is 0 Å². The first-order chi connectivity index (χ1) is 10.8. The van der Waals surface area contributed by atoms with Crippen molar-refractivity contribution in [2.45, 2.75) is 0 Å². The van der Waals surface area contributed by atoms with E-state index in [1.165, 1.54) is 12.1 Å². The normalized spacial score (nSPS) is 11.1. The molecular weight excluding hydrogens is 277 g/mol. The van der Waals surface area contributed by atoms with Crippen molar-refractivity contribution in [2.24, 2.45) is 0 Å². The molecule has 2 nitrogen and oxygen atoms in total. The third kappa shape index (κ3) is 1.83. The van der Waals surface area contributed by atoms with Gasteiger partial charge in [0.2, 0.25) is 0 Å². The topological polar surface area (TPSA) is 32.9 Å². The van der Waals surface area contributed by atoms with Crippen LogP contribution in [0.15, 0.2) is 60.7 Å². The summed E-state index contributed by atoms with van der Waals surface area (Å²) in [6, 6.07) is 18.1. The molecule has 3 aromatic carbocycles. The molecule has 0 atom stereocenters. The van der Waals surface area contributed by atoms with Gasteiger partial charge in [0, 0.05) is 16.3 Å². The summed E-state index contributed by atoms with van der Waals surface area (Å²) in [5.74, 6) is -0.294. The van der Waals surface area contributed by atoms with E-state index < -0.39 is 0 Å². The zero-order valence-corrected chi connectivity index (χ0v) is 11.6. The minimum atomic E-state index is -0.294. The molecule has 1 heterocycles. The molecule has 3 heteroatoms. The molecule has 0 unspecified atom stereocenters. The van der Waals surface area contributed by atoms with Gasteiger partial charge in [-0.2, -0.15) is 0 Å². The van der Waals surface area contributed by atoms with Crippen LogP contribution in [0, 0.1) is 5.82 Å². The molecule has 0 aliphatic carbocycles. The molecule has 106 valence electrons. The van der Waals surface area contributed by atoms with Gasteiger partial charge in [-0.25, -0.2) is 4.39 Å². The smallest absolute Gasteiger partial charge is 0.152 e. The molecule has 0 amide bonds. The van der Waals surface area contributed by atoms with Crippen LogP contribution in [0.3, 0.4) is 0 Å². The average Bonchev–Trinajstić information content (AvgIpc) is 2.94. The van der Waals surface area contributed by atoms with Crippen molar-refractivity contribution in [1.29, 1.82) is 0 Å². The minimum Gasteiger partial charge on any atom is -0.353 e. The number of rotatable bonds is 2. The first-order valence-electron chi connectivity index (χ1n) is 7.02. The van der Waals surface area contributed by atoms with Crippen molar-refractivity contribution in [3.05, 3.63) is 72.0 Å².